The van der Waals surface area contributed by atoms with Gasteiger partial charge in [-0.2, -0.15) is 13.1 Å². The van der Waals surface area contributed by atoms with Crippen molar-refractivity contribution in [1.29, 1.82) is 0 Å². The van der Waals surface area contributed by atoms with Crippen LogP contribution in [0.4, 0.5) is 0 Å². The Bertz CT molecular complexity index is 500. The minimum Gasteiger partial charge on any atom is -0.384 e. The number of aliphatic hydroxyl groups is 1. The van der Waals surface area contributed by atoms with Crippen LogP contribution in [0.3, 0.4) is 0 Å². The molecule has 0 spiro atoms. The van der Waals surface area contributed by atoms with Gasteiger partial charge in [-0.15, -0.1) is 0 Å². The van der Waals surface area contributed by atoms with Crippen LogP contribution in [-0.2, 0) is 15.8 Å². The predicted octanol–water partition coefficient (Wildman–Crippen LogP) is 1.49. The van der Waals surface area contributed by atoms with Crippen LogP contribution in [0.15, 0.2) is 28.7 Å². The van der Waals surface area contributed by atoms with E-state index in [0.717, 1.165) is 4.47 Å². The predicted molar refractivity (Wildman–Crippen MR) is 78.9 cm³/mol. The molecule has 1 aromatic rings. The van der Waals surface area contributed by atoms with E-state index in [4.69, 9.17) is 0 Å². The highest BCUT2D eigenvalue weighted by atomic mass is 79.9. The zero-order valence-corrected chi connectivity index (χ0v) is 13.4. The fourth-order valence-electron chi connectivity index (χ4n) is 1.43. The molecule has 0 saturated heterocycles. The standard InChI is InChI=1S/C12H19BrN2O3S/c1-3-8-14-19(17,18)15-9-12(2,16)10-4-6-11(13)7-5-10/h4-7,14-16H,3,8-9H2,1-2H3. The number of nitrogens with one attached hydrogen (secondary N) is 2. The molecule has 0 heterocycles. The smallest absolute Gasteiger partial charge is 0.277 e. The van der Waals surface area contributed by atoms with Crippen LogP contribution >= 0.6 is 15.9 Å². The summed E-state index contributed by atoms with van der Waals surface area (Å²) in [5.74, 6) is 0. The van der Waals surface area contributed by atoms with Gasteiger partial charge in [0.2, 0.25) is 0 Å². The van der Waals surface area contributed by atoms with Crippen molar-refractivity contribution in [2.45, 2.75) is 25.9 Å². The van der Waals surface area contributed by atoms with Crippen molar-refractivity contribution in [3.05, 3.63) is 34.3 Å². The first-order valence-electron chi connectivity index (χ1n) is 5.99. The lowest BCUT2D eigenvalue weighted by Crippen LogP contribution is -2.44. The van der Waals surface area contributed by atoms with Crippen molar-refractivity contribution < 1.29 is 13.5 Å². The molecule has 0 bridgehead atoms. The molecule has 108 valence electrons. The fraction of sp³-hybridized carbons (Fsp3) is 0.500. The average Bonchev–Trinajstić information content (AvgIpc) is 2.35. The lowest BCUT2D eigenvalue weighted by atomic mass is 9.97. The summed E-state index contributed by atoms with van der Waals surface area (Å²) in [5.41, 5.74) is -0.615. The van der Waals surface area contributed by atoms with Crippen LogP contribution in [0.25, 0.3) is 0 Å². The Kier molecular flexibility index (Phi) is 5.94. The van der Waals surface area contributed by atoms with Crippen molar-refractivity contribution >= 4 is 26.1 Å². The van der Waals surface area contributed by atoms with Crippen molar-refractivity contribution in [3.8, 4) is 0 Å². The molecule has 0 aliphatic carbocycles. The zero-order valence-electron chi connectivity index (χ0n) is 11.0. The van der Waals surface area contributed by atoms with Gasteiger partial charge in [0.25, 0.3) is 10.2 Å². The van der Waals surface area contributed by atoms with E-state index in [1.54, 1.807) is 31.2 Å². The third kappa shape index (κ3) is 5.58. The Morgan fingerprint density at radius 1 is 1.26 bits per heavy atom. The monoisotopic (exact) mass is 350 g/mol. The van der Waals surface area contributed by atoms with Gasteiger partial charge in [0.15, 0.2) is 0 Å². The molecule has 1 rings (SSSR count). The quantitative estimate of drug-likeness (QED) is 0.697. The summed E-state index contributed by atoms with van der Waals surface area (Å²) in [6.45, 7) is 3.72. The summed E-state index contributed by atoms with van der Waals surface area (Å²) in [6.07, 6.45) is 0.712. The molecule has 0 aromatic heterocycles. The number of rotatable bonds is 7. The zero-order chi connectivity index (χ0) is 14.5. The van der Waals surface area contributed by atoms with Gasteiger partial charge < -0.3 is 5.11 Å². The molecule has 7 heteroatoms. The second kappa shape index (κ2) is 6.81. The van der Waals surface area contributed by atoms with Gasteiger partial charge in [-0.3, -0.25) is 0 Å². The first-order valence-corrected chi connectivity index (χ1v) is 8.27. The van der Waals surface area contributed by atoms with E-state index in [1.807, 2.05) is 6.92 Å². The highest BCUT2D eigenvalue weighted by Crippen LogP contribution is 2.21. The molecule has 0 radical (unpaired) electrons. The normalized spacial score (nSPS) is 15.2. The van der Waals surface area contributed by atoms with Crippen LogP contribution in [0, 0.1) is 0 Å². The first-order chi connectivity index (χ1) is 8.77. The lowest BCUT2D eigenvalue weighted by molar-refractivity contribution is 0.0626. The molecule has 0 aliphatic heterocycles. The highest BCUT2D eigenvalue weighted by Gasteiger charge is 2.25. The third-order valence-electron chi connectivity index (χ3n) is 2.61. The van der Waals surface area contributed by atoms with E-state index >= 15 is 0 Å². The van der Waals surface area contributed by atoms with Gasteiger partial charge in [0, 0.05) is 17.6 Å². The van der Waals surface area contributed by atoms with E-state index in [-0.39, 0.29) is 6.54 Å². The number of halogens is 1. The molecular weight excluding hydrogens is 332 g/mol. The third-order valence-corrected chi connectivity index (χ3v) is 4.25. The Labute approximate surface area is 122 Å². The maximum absolute atomic E-state index is 11.6. The largest absolute Gasteiger partial charge is 0.384 e. The molecule has 0 saturated carbocycles. The molecule has 1 unspecified atom stereocenters. The van der Waals surface area contributed by atoms with E-state index in [1.165, 1.54) is 0 Å². The summed E-state index contributed by atoms with van der Waals surface area (Å²) in [6, 6.07) is 7.09. The van der Waals surface area contributed by atoms with Gasteiger partial charge in [0.1, 0.15) is 5.60 Å². The fourth-order valence-corrected chi connectivity index (χ4v) is 2.74. The minimum absolute atomic E-state index is 0.0896. The molecule has 0 fully saturated rings. The number of hydrogen-bond donors (Lipinski definition) is 3. The van der Waals surface area contributed by atoms with E-state index in [2.05, 4.69) is 25.4 Å². The maximum Gasteiger partial charge on any atom is 0.277 e. The Morgan fingerprint density at radius 3 is 2.37 bits per heavy atom. The van der Waals surface area contributed by atoms with Crippen molar-refractivity contribution in [3.63, 3.8) is 0 Å². The highest BCUT2D eigenvalue weighted by molar-refractivity contribution is 9.10. The van der Waals surface area contributed by atoms with Crippen molar-refractivity contribution in [2.75, 3.05) is 13.1 Å². The summed E-state index contributed by atoms with van der Waals surface area (Å²) in [5, 5.41) is 10.3. The SMILES string of the molecule is CCCNS(=O)(=O)NCC(C)(O)c1ccc(Br)cc1. The van der Waals surface area contributed by atoms with Gasteiger partial charge in [-0.25, -0.2) is 4.72 Å². The van der Waals surface area contributed by atoms with Gasteiger partial charge in [0.05, 0.1) is 0 Å². The van der Waals surface area contributed by atoms with E-state index in [9.17, 15) is 13.5 Å². The Balaban J connectivity index is 2.67. The second-order valence-electron chi connectivity index (χ2n) is 4.50. The Hall–Kier alpha value is -0.470. The van der Waals surface area contributed by atoms with Crippen molar-refractivity contribution in [1.82, 2.24) is 9.44 Å². The summed E-state index contributed by atoms with van der Waals surface area (Å²) >= 11 is 3.31. The molecule has 1 atom stereocenters. The molecule has 0 aliphatic rings. The molecule has 1 aromatic carbocycles. The minimum atomic E-state index is -3.56. The number of hydrogen-bond acceptors (Lipinski definition) is 3. The maximum atomic E-state index is 11.6. The number of benzene rings is 1. The summed E-state index contributed by atoms with van der Waals surface area (Å²) in [7, 11) is -3.56. The molecule has 0 amide bonds. The van der Waals surface area contributed by atoms with Crippen molar-refractivity contribution in [2.24, 2.45) is 0 Å². The van der Waals surface area contributed by atoms with Crippen LogP contribution in [0.2, 0.25) is 0 Å². The molecule has 3 N–H and O–H groups in total. The lowest BCUT2D eigenvalue weighted by Gasteiger charge is -2.24. The van der Waals surface area contributed by atoms with Crippen LogP contribution < -0.4 is 9.44 Å². The van der Waals surface area contributed by atoms with Gasteiger partial charge in [-0.05, 0) is 31.0 Å². The first kappa shape index (κ1) is 16.6. The van der Waals surface area contributed by atoms with Gasteiger partial charge in [-0.1, -0.05) is 35.0 Å². The van der Waals surface area contributed by atoms with Crippen LogP contribution in [0.5, 0.6) is 0 Å². The van der Waals surface area contributed by atoms with Crippen LogP contribution in [0.1, 0.15) is 25.8 Å². The van der Waals surface area contributed by atoms with Crippen LogP contribution in [-0.4, -0.2) is 26.6 Å². The van der Waals surface area contributed by atoms with E-state index in [0.29, 0.717) is 18.5 Å². The average molecular weight is 351 g/mol. The molecule has 5 nitrogen and oxygen atoms in total. The Morgan fingerprint density at radius 2 is 1.84 bits per heavy atom. The van der Waals surface area contributed by atoms with Gasteiger partial charge >= 0.3 is 0 Å². The molecular formula is C12H19BrN2O3S. The summed E-state index contributed by atoms with van der Waals surface area (Å²) < 4.78 is 28.8. The topological polar surface area (TPSA) is 78.4 Å². The van der Waals surface area contributed by atoms with E-state index < -0.39 is 15.8 Å². The summed E-state index contributed by atoms with van der Waals surface area (Å²) in [4.78, 5) is 0. The molecule has 19 heavy (non-hydrogen) atoms. The second-order valence-corrected chi connectivity index (χ2v) is 7.00.